The zero-order chi connectivity index (χ0) is 15.7. The molecule has 5 nitrogen and oxygen atoms in total. The van der Waals surface area contributed by atoms with Crippen molar-refractivity contribution in [2.24, 2.45) is 0 Å². The molecule has 0 aliphatic heterocycles. The first kappa shape index (κ1) is 17.7. The van der Waals surface area contributed by atoms with Crippen LogP contribution >= 0.6 is 15.9 Å². The second-order valence-corrected chi connectivity index (χ2v) is 5.73. The van der Waals surface area contributed by atoms with Gasteiger partial charge in [-0.3, -0.25) is 9.59 Å². The average Bonchev–Trinajstić information content (AvgIpc) is 2.43. The van der Waals surface area contributed by atoms with Gasteiger partial charge in [-0.15, -0.1) is 0 Å². The van der Waals surface area contributed by atoms with Crippen molar-refractivity contribution in [3.63, 3.8) is 0 Å². The maximum Gasteiger partial charge on any atom is 0.222 e. The molecule has 1 unspecified atom stereocenters. The van der Waals surface area contributed by atoms with Gasteiger partial charge in [0.15, 0.2) is 0 Å². The van der Waals surface area contributed by atoms with Crippen LogP contribution in [0.15, 0.2) is 28.7 Å². The molecule has 0 heterocycles. The topological polar surface area (TPSA) is 70.2 Å². The average molecular weight is 356 g/mol. The van der Waals surface area contributed by atoms with Gasteiger partial charge in [0.1, 0.15) is 0 Å². The third-order valence-electron chi connectivity index (χ3n) is 2.97. The summed E-state index contributed by atoms with van der Waals surface area (Å²) in [4.78, 5) is 23.3. The van der Waals surface area contributed by atoms with Gasteiger partial charge >= 0.3 is 0 Å². The van der Waals surface area contributed by atoms with Crippen molar-refractivity contribution in [2.45, 2.75) is 25.8 Å². The third kappa shape index (κ3) is 7.24. The first-order valence-electron chi connectivity index (χ1n) is 6.96. The van der Waals surface area contributed by atoms with Gasteiger partial charge in [-0.25, -0.2) is 0 Å². The Morgan fingerprint density at radius 3 is 2.43 bits per heavy atom. The maximum absolute atomic E-state index is 11.9. The van der Waals surface area contributed by atoms with Crippen LogP contribution in [0.5, 0.6) is 0 Å². The summed E-state index contributed by atoms with van der Waals surface area (Å²) in [5.41, 5.74) is 0.916. The highest BCUT2D eigenvalue weighted by molar-refractivity contribution is 9.10. The Hall–Kier alpha value is -1.40. The van der Waals surface area contributed by atoms with Crippen LogP contribution in [0, 0.1) is 0 Å². The Morgan fingerprint density at radius 2 is 1.86 bits per heavy atom. The van der Waals surface area contributed by atoms with E-state index < -0.39 is 0 Å². The van der Waals surface area contributed by atoms with Gasteiger partial charge in [0.2, 0.25) is 11.8 Å². The molecule has 0 saturated heterocycles. The minimum absolute atomic E-state index is 0.0622. The van der Waals surface area contributed by atoms with Gasteiger partial charge in [-0.1, -0.05) is 28.1 Å². The summed E-state index contributed by atoms with van der Waals surface area (Å²) in [6.07, 6.45) is 1.12. The minimum Gasteiger partial charge on any atom is -0.356 e. The van der Waals surface area contributed by atoms with E-state index in [1.165, 1.54) is 6.92 Å². The number of nitrogens with one attached hydrogen (secondary N) is 3. The summed E-state index contributed by atoms with van der Waals surface area (Å²) in [6, 6.07) is 7.29. The first-order valence-corrected chi connectivity index (χ1v) is 7.76. The Morgan fingerprint density at radius 1 is 1.19 bits per heavy atom. The summed E-state index contributed by atoms with van der Waals surface area (Å²) in [5, 5.41) is 8.71. The van der Waals surface area contributed by atoms with Crippen LogP contribution in [-0.2, 0) is 9.59 Å². The predicted molar refractivity (Wildman–Crippen MR) is 86.9 cm³/mol. The lowest BCUT2D eigenvalue weighted by atomic mass is 10.0. The van der Waals surface area contributed by atoms with E-state index in [9.17, 15) is 9.59 Å². The Kier molecular flexibility index (Phi) is 8.00. The monoisotopic (exact) mass is 355 g/mol. The van der Waals surface area contributed by atoms with Crippen molar-refractivity contribution in [3.8, 4) is 0 Å². The molecule has 0 fully saturated rings. The molecule has 0 bridgehead atoms. The Labute approximate surface area is 134 Å². The lowest BCUT2D eigenvalue weighted by molar-refractivity contribution is -0.122. The normalized spacial score (nSPS) is 11.8. The van der Waals surface area contributed by atoms with Crippen molar-refractivity contribution >= 4 is 27.7 Å². The fourth-order valence-electron chi connectivity index (χ4n) is 1.94. The molecule has 0 radical (unpaired) electrons. The van der Waals surface area contributed by atoms with E-state index in [1.807, 2.05) is 31.3 Å². The second kappa shape index (κ2) is 9.52. The van der Waals surface area contributed by atoms with E-state index in [0.29, 0.717) is 6.54 Å². The van der Waals surface area contributed by atoms with Gasteiger partial charge < -0.3 is 16.0 Å². The molecule has 6 heteroatoms. The number of hydrogen-bond donors (Lipinski definition) is 3. The molecule has 0 saturated carbocycles. The van der Waals surface area contributed by atoms with E-state index in [0.717, 1.165) is 23.0 Å². The van der Waals surface area contributed by atoms with Crippen molar-refractivity contribution in [1.82, 2.24) is 16.0 Å². The number of hydrogen-bond acceptors (Lipinski definition) is 3. The first-order chi connectivity index (χ1) is 10.0. The quantitative estimate of drug-likeness (QED) is 0.622. The number of carbonyl (C=O) groups is 2. The predicted octanol–water partition coefficient (Wildman–Crippen LogP) is 1.74. The van der Waals surface area contributed by atoms with Crippen molar-refractivity contribution < 1.29 is 9.59 Å². The molecule has 0 aliphatic carbocycles. The number of rotatable bonds is 8. The molecule has 0 aromatic heterocycles. The van der Waals surface area contributed by atoms with Crippen LogP contribution in [-0.4, -0.2) is 32.0 Å². The molecule has 1 atom stereocenters. The summed E-state index contributed by atoms with van der Waals surface area (Å²) in [7, 11) is 1.88. The third-order valence-corrected chi connectivity index (χ3v) is 3.49. The molecule has 1 aromatic rings. The summed E-state index contributed by atoms with van der Waals surface area (Å²) in [5.74, 6) is -0.210. The highest BCUT2D eigenvalue weighted by Crippen LogP contribution is 2.19. The molecule has 21 heavy (non-hydrogen) atoms. The number of benzene rings is 1. The van der Waals surface area contributed by atoms with Crippen LogP contribution in [0.4, 0.5) is 0 Å². The molecular formula is C15H22BrN3O2. The molecule has 0 spiro atoms. The van der Waals surface area contributed by atoms with Gasteiger partial charge in [0, 0.05) is 17.9 Å². The Balaban J connectivity index is 2.59. The minimum atomic E-state index is -0.306. The van der Waals surface area contributed by atoms with Crippen LogP contribution in [0.2, 0.25) is 0 Å². The Bertz CT molecular complexity index is 462. The summed E-state index contributed by atoms with van der Waals surface area (Å²) >= 11 is 3.37. The zero-order valence-electron chi connectivity index (χ0n) is 12.4. The van der Waals surface area contributed by atoms with Gasteiger partial charge in [-0.2, -0.15) is 0 Å². The molecule has 3 N–H and O–H groups in total. The van der Waals surface area contributed by atoms with Crippen LogP contribution in [0.25, 0.3) is 0 Å². The smallest absolute Gasteiger partial charge is 0.222 e. The van der Waals surface area contributed by atoms with Crippen LogP contribution in [0.1, 0.15) is 31.4 Å². The van der Waals surface area contributed by atoms with Crippen molar-refractivity contribution in [3.05, 3.63) is 34.3 Å². The lowest BCUT2D eigenvalue weighted by Gasteiger charge is -2.18. The SMILES string of the molecule is CNCCCNC(=O)CC(NC(C)=O)c1ccc(Br)cc1. The fraction of sp³-hybridized carbons (Fsp3) is 0.467. The molecule has 2 amide bonds. The van der Waals surface area contributed by atoms with E-state index in [2.05, 4.69) is 31.9 Å². The second-order valence-electron chi connectivity index (χ2n) is 4.82. The van der Waals surface area contributed by atoms with Gasteiger partial charge in [0.05, 0.1) is 12.5 Å². The summed E-state index contributed by atoms with van der Waals surface area (Å²) in [6.45, 7) is 2.95. The van der Waals surface area contributed by atoms with Crippen LogP contribution in [0.3, 0.4) is 0 Å². The molecular weight excluding hydrogens is 334 g/mol. The standard InChI is InChI=1S/C15H22BrN3O2/c1-11(20)19-14(12-4-6-13(16)7-5-12)10-15(21)18-9-3-8-17-2/h4-7,14,17H,3,8-10H2,1-2H3,(H,18,21)(H,19,20). The molecule has 0 aliphatic rings. The van der Waals surface area contributed by atoms with E-state index in [-0.39, 0.29) is 24.3 Å². The zero-order valence-corrected chi connectivity index (χ0v) is 14.0. The highest BCUT2D eigenvalue weighted by atomic mass is 79.9. The van der Waals surface area contributed by atoms with Gasteiger partial charge in [-0.05, 0) is 37.7 Å². The highest BCUT2D eigenvalue weighted by Gasteiger charge is 2.16. The summed E-state index contributed by atoms with van der Waals surface area (Å²) < 4.78 is 0.962. The molecule has 1 aromatic carbocycles. The van der Waals surface area contributed by atoms with E-state index in [1.54, 1.807) is 0 Å². The van der Waals surface area contributed by atoms with E-state index in [4.69, 9.17) is 0 Å². The number of amides is 2. The fourth-order valence-corrected chi connectivity index (χ4v) is 2.21. The largest absolute Gasteiger partial charge is 0.356 e. The van der Waals surface area contributed by atoms with Crippen molar-refractivity contribution in [1.29, 1.82) is 0 Å². The van der Waals surface area contributed by atoms with Crippen LogP contribution < -0.4 is 16.0 Å². The maximum atomic E-state index is 11.9. The molecule has 116 valence electrons. The number of carbonyl (C=O) groups excluding carboxylic acids is 2. The van der Waals surface area contributed by atoms with E-state index >= 15 is 0 Å². The van der Waals surface area contributed by atoms with Gasteiger partial charge in [0.25, 0.3) is 0 Å². The van der Waals surface area contributed by atoms with Crippen molar-refractivity contribution in [2.75, 3.05) is 20.1 Å². The molecule has 1 rings (SSSR count). The number of halogens is 1. The lowest BCUT2D eigenvalue weighted by Crippen LogP contribution is -2.33.